The van der Waals surface area contributed by atoms with E-state index in [-0.39, 0.29) is 24.3 Å². The maximum atomic E-state index is 14.6. The summed E-state index contributed by atoms with van der Waals surface area (Å²) in [5.74, 6) is 0.832. The van der Waals surface area contributed by atoms with Gasteiger partial charge in [-0.3, -0.25) is 14.4 Å². The topological polar surface area (TPSA) is 79.4 Å². The molecule has 8 nitrogen and oxygen atoms in total. The lowest BCUT2D eigenvalue weighted by Crippen LogP contribution is -2.52. The molecule has 6 rings (SSSR count). The van der Waals surface area contributed by atoms with Gasteiger partial charge in [-0.2, -0.15) is 0 Å². The van der Waals surface area contributed by atoms with E-state index >= 15 is 0 Å². The predicted octanol–water partition coefficient (Wildman–Crippen LogP) is 6.48. The van der Waals surface area contributed by atoms with Crippen LogP contribution in [0, 0.1) is 0 Å². The molecule has 3 aliphatic heterocycles. The van der Waals surface area contributed by atoms with Gasteiger partial charge in [-0.1, -0.05) is 23.2 Å². The summed E-state index contributed by atoms with van der Waals surface area (Å²) in [6.07, 6.45) is 4.37. The van der Waals surface area contributed by atoms with Crippen LogP contribution in [0.4, 0.5) is 5.69 Å². The molecule has 3 aromatic carbocycles. The summed E-state index contributed by atoms with van der Waals surface area (Å²) in [7, 11) is 3.17. The number of carbonyl (C=O) groups is 3. The van der Waals surface area contributed by atoms with E-state index in [9.17, 15) is 14.4 Å². The number of halogens is 2. The largest absolute Gasteiger partial charge is 0.497 e. The van der Waals surface area contributed by atoms with Crippen molar-refractivity contribution in [3.8, 4) is 11.5 Å². The van der Waals surface area contributed by atoms with E-state index in [2.05, 4.69) is 0 Å². The highest BCUT2D eigenvalue weighted by Gasteiger charge is 2.50. The number of anilines is 1. The third-order valence-electron chi connectivity index (χ3n) is 9.50. The number of fused-ring (bicyclic) bond motifs is 1. The first-order chi connectivity index (χ1) is 21.7. The van der Waals surface area contributed by atoms with Gasteiger partial charge in [-0.05, 0) is 98.7 Å². The molecule has 2 saturated heterocycles. The lowest BCUT2D eigenvalue weighted by Gasteiger charge is -2.37. The summed E-state index contributed by atoms with van der Waals surface area (Å²) in [5.41, 5.74) is 1.85. The van der Waals surface area contributed by atoms with Crippen molar-refractivity contribution in [3.63, 3.8) is 0 Å². The fourth-order valence-corrected chi connectivity index (χ4v) is 7.47. The molecular weight excluding hydrogens is 613 g/mol. The zero-order valence-corrected chi connectivity index (χ0v) is 27.3. The molecule has 0 bridgehead atoms. The Bertz CT molecular complexity index is 1660. The highest BCUT2D eigenvalue weighted by Crippen LogP contribution is 2.50. The number of rotatable bonds is 7. The molecule has 3 heterocycles. The van der Waals surface area contributed by atoms with Crippen LogP contribution in [0.3, 0.4) is 0 Å². The van der Waals surface area contributed by atoms with Gasteiger partial charge in [0.05, 0.1) is 20.8 Å². The summed E-state index contributed by atoms with van der Waals surface area (Å²) in [4.78, 5) is 47.4. The summed E-state index contributed by atoms with van der Waals surface area (Å²) in [6, 6.07) is 15.5. The number of amides is 3. The van der Waals surface area contributed by atoms with Crippen LogP contribution in [-0.4, -0.2) is 67.4 Å². The standard InChI is InChI=1S/C35H37Cl2N3O5/c1-35(27-19-24(36)11-14-29(27)40(34(35)43)21-23-9-12-25(44-2)20-31(23)45-3)26-18-22(10-13-28(26)37)32(41)39-17-5-4-8-30(39)33(42)38-15-6-7-16-38/h9-14,18-20,30H,4-8,15-17,21H2,1-3H3/t30-,35?/m1/s1. The Hall–Kier alpha value is -3.75. The normalized spacial score (nSPS) is 21.2. The predicted molar refractivity (Wildman–Crippen MR) is 175 cm³/mol. The monoisotopic (exact) mass is 649 g/mol. The number of hydrogen-bond donors (Lipinski definition) is 0. The highest BCUT2D eigenvalue weighted by molar-refractivity contribution is 6.33. The van der Waals surface area contributed by atoms with Crippen molar-refractivity contribution < 1.29 is 23.9 Å². The third-order valence-corrected chi connectivity index (χ3v) is 10.1. The maximum absolute atomic E-state index is 14.6. The molecule has 3 aliphatic rings. The zero-order chi connectivity index (χ0) is 31.9. The van der Waals surface area contributed by atoms with E-state index in [1.165, 1.54) is 0 Å². The number of benzene rings is 3. The Morgan fingerprint density at radius 2 is 1.64 bits per heavy atom. The van der Waals surface area contributed by atoms with Crippen LogP contribution < -0.4 is 14.4 Å². The van der Waals surface area contributed by atoms with Crippen molar-refractivity contribution in [1.82, 2.24) is 9.80 Å². The molecule has 0 aromatic heterocycles. The minimum Gasteiger partial charge on any atom is -0.497 e. The molecule has 236 valence electrons. The molecule has 3 aromatic rings. The first kappa shape index (κ1) is 31.2. The van der Waals surface area contributed by atoms with Crippen molar-refractivity contribution in [2.24, 2.45) is 0 Å². The number of piperidine rings is 1. The second-order valence-corrected chi connectivity index (χ2v) is 12.9. The smallest absolute Gasteiger partial charge is 0.254 e. The van der Waals surface area contributed by atoms with E-state index < -0.39 is 11.5 Å². The zero-order valence-electron chi connectivity index (χ0n) is 25.8. The van der Waals surface area contributed by atoms with Gasteiger partial charge in [0, 0.05) is 52.6 Å². The van der Waals surface area contributed by atoms with Gasteiger partial charge in [0.1, 0.15) is 23.0 Å². The first-order valence-electron chi connectivity index (χ1n) is 15.4. The van der Waals surface area contributed by atoms with Crippen molar-refractivity contribution >= 4 is 46.6 Å². The van der Waals surface area contributed by atoms with E-state index in [4.69, 9.17) is 32.7 Å². The number of likely N-dealkylation sites (tertiary alicyclic amines) is 2. The molecule has 2 fully saturated rings. The van der Waals surface area contributed by atoms with Gasteiger partial charge >= 0.3 is 0 Å². The molecule has 10 heteroatoms. The fraction of sp³-hybridized carbons (Fsp3) is 0.400. The van der Waals surface area contributed by atoms with Crippen molar-refractivity contribution in [1.29, 1.82) is 0 Å². The quantitative estimate of drug-likeness (QED) is 0.293. The van der Waals surface area contributed by atoms with Crippen LogP contribution in [0.5, 0.6) is 11.5 Å². The molecule has 0 spiro atoms. The Morgan fingerprint density at radius 3 is 2.38 bits per heavy atom. The van der Waals surface area contributed by atoms with Crippen molar-refractivity contribution in [2.75, 3.05) is 38.8 Å². The highest BCUT2D eigenvalue weighted by atomic mass is 35.5. The average molecular weight is 651 g/mol. The average Bonchev–Trinajstić information content (AvgIpc) is 3.67. The Balaban J connectivity index is 1.37. The lowest BCUT2D eigenvalue weighted by molar-refractivity contribution is -0.136. The van der Waals surface area contributed by atoms with Crippen LogP contribution in [0.1, 0.15) is 66.1 Å². The number of ether oxygens (including phenoxy) is 2. The molecule has 3 amide bonds. The van der Waals surface area contributed by atoms with Crippen LogP contribution in [-0.2, 0) is 21.5 Å². The van der Waals surface area contributed by atoms with Gasteiger partial charge in [-0.25, -0.2) is 0 Å². The lowest BCUT2D eigenvalue weighted by atomic mass is 9.76. The molecule has 45 heavy (non-hydrogen) atoms. The minimum absolute atomic E-state index is 0.0286. The fourth-order valence-electron chi connectivity index (χ4n) is 7.00. The van der Waals surface area contributed by atoms with E-state index in [1.807, 2.05) is 30.0 Å². The van der Waals surface area contributed by atoms with Crippen molar-refractivity contribution in [2.45, 2.75) is 57.0 Å². The Morgan fingerprint density at radius 1 is 0.889 bits per heavy atom. The van der Waals surface area contributed by atoms with Gasteiger partial charge in [-0.15, -0.1) is 0 Å². The van der Waals surface area contributed by atoms with E-state index in [0.717, 1.165) is 44.3 Å². The second kappa shape index (κ2) is 12.6. The number of nitrogens with zero attached hydrogens (tertiary/aromatic N) is 3. The number of carbonyl (C=O) groups excluding carboxylic acids is 3. The molecule has 1 unspecified atom stereocenters. The van der Waals surface area contributed by atoms with Gasteiger partial charge < -0.3 is 24.2 Å². The molecule has 0 aliphatic carbocycles. The summed E-state index contributed by atoms with van der Waals surface area (Å²) in [5, 5.41) is 0.845. The number of hydrogen-bond acceptors (Lipinski definition) is 5. The molecular formula is C35H37Cl2N3O5. The first-order valence-corrected chi connectivity index (χ1v) is 16.2. The Labute approximate surface area is 273 Å². The second-order valence-electron chi connectivity index (χ2n) is 12.1. The molecule has 0 radical (unpaired) electrons. The summed E-state index contributed by atoms with van der Waals surface area (Å²) < 4.78 is 11.0. The van der Waals surface area contributed by atoms with Crippen LogP contribution in [0.2, 0.25) is 10.0 Å². The molecule has 0 saturated carbocycles. The Kier molecular flexibility index (Phi) is 8.72. The number of methoxy groups -OCH3 is 2. The van der Waals surface area contributed by atoms with Crippen LogP contribution in [0.25, 0.3) is 0 Å². The van der Waals surface area contributed by atoms with Gasteiger partial charge in [0.15, 0.2) is 0 Å². The van der Waals surface area contributed by atoms with Crippen LogP contribution in [0.15, 0.2) is 54.6 Å². The maximum Gasteiger partial charge on any atom is 0.254 e. The molecule has 0 N–H and O–H groups in total. The van der Waals surface area contributed by atoms with Crippen LogP contribution >= 0.6 is 23.2 Å². The van der Waals surface area contributed by atoms with E-state index in [0.29, 0.717) is 56.9 Å². The summed E-state index contributed by atoms with van der Waals surface area (Å²) in [6.45, 7) is 4.05. The SMILES string of the molecule is COc1ccc(CN2C(=O)C(C)(c3cc(C(=O)N4CCCC[C@@H]4C(=O)N4CCCC4)ccc3Cl)c3cc(Cl)ccc32)c(OC)c1. The van der Waals surface area contributed by atoms with Gasteiger partial charge in [0.25, 0.3) is 5.91 Å². The van der Waals surface area contributed by atoms with Gasteiger partial charge in [0.2, 0.25) is 11.8 Å². The summed E-state index contributed by atoms with van der Waals surface area (Å²) >= 11 is 13.4. The third kappa shape index (κ3) is 5.52. The molecule has 2 atom stereocenters. The van der Waals surface area contributed by atoms with E-state index in [1.54, 1.807) is 60.4 Å². The minimum atomic E-state index is -1.24. The van der Waals surface area contributed by atoms with Crippen molar-refractivity contribution in [3.05, 3.63) is 86.9 Å².